The zero-order valence-corrected chi connectivity index (χ0v) is 12.8. The zero-order valence-electron chi connectivity index (χ0n) is 24.8. The third-order valence-corrected chi connectivity index (χ3v) is 5.04. The molecule has 0 atom stereocenters. The molecule has 0 fully saturated rings. The predicted molar refractivity (Wildman–Crippen MR) is 103 cm³/mol. The van der Waals surface area contributed by atoms with Crippen molar-refractivity contribution in [2.24, 2.45) is 0 Å². The topological polar surface area (TPSA) is 0 Å². The van der Waals surface area contributed by atoms with Gasteiger partial charge in [0.2, 0.25) is 0 Å². The van der Waals surface area contributed by atoms with Gasteiger partial charge in [0.05, 0.1) is 21.9 Å². The summed E-state index contributed by atoms with van der Waals surface area (Å²) in [7, 11) is 0. The van der Waals surface area contributed by atoms with E-state index >= 15 is 0 Å². The Balaban J connectivity index is 2.03. The van der Waals surface area contributed by atoms with E-state index < -0.39 is 71.9 Å². The van der Waals surface area contributed by atoms with Crippen LogP contribution in [0.25, 0.3) is 22.3 Å². The third kappa shape index (κ3) is 1.40. The summed E-state index contributed by atoms with van der Waals surface area (Å²) in [6, 6.07) is 0.654. The first kappa shape index (κ1) is 6.31. The van der Waals surface area contributed by atoms with Gasteiger partial charge >= 0.3 is 0 Å². The van der Waals surface area contributed by atoms with Crippen molar-refractivity contribution in [2.75, 3.05) is 0 Å². The molecule has 0 bridgehead atoms. The summed E-state index contributed by atoms with van der Waals surface area (Å²) < 4.78 is 103. The van der Waals surface area contributed by atoms with Gasteiger partial charge in [-0.15, -0.1) is 0 Å². The van der Waals surface area contributed by atoms with E-state index in [-0.39, 0.29) is 39.4 Å². The molecule has 0 heterocycles. The molecule has 0 heteroatoms. The largest absolute Gasteiger partial charge is 0.0725 e. The quantitative estimate of drug-likeness (QED) is 0.319. The second-order valence-corrected chi connectivity index (χ2v) is 6.05. The van der Waals surface area contributed by atoms with Gasteiger partial charge in [-0.25, -0.2) is 0 Å². The molecular weight excluding hydrogens is 300 g/mol. The highest BCUT2D eigenvalue weighted by molar-refractivity contribution is 5.94. The molecule has 1 spiro atoms. The molecule has 0 aromatic heterocycles. The summed E-state index contributed by atoms with van der Waals surface area (Å²) in [4.78, 5) is 0. The molecule has 4 aromatic rings. The van der Waals surface area contributed by atoms with Crippen molar-refractivity contribution in [3.05, 3.63) is 119 Å². The highest BCUT2D eigenvalue weighted by atomic mass is 14.5. The van der Waals surface area contributed by atoms with Crippen molar-refractivity contribution >= 4 is 0 Å². The van der Waals surface area contributed by atoms with E-state index in [1.54, 1.807) is 24.3 Å². The van der Waals surface area contributed by atoms with E-state index in [2.05, 4.69) is 0 Å². The van der Waals surface area contributed by atoms with Crippen LogP contribution >= 0.6 is 0 Å². The molecule has 0 radical (unpaired) electrons. The number of rotatable bonds is 0. The number of hydrogen-bond acceptors (Lipinski definition) is 0. The average Bonchev–Trinajstić information content (AvgIpc) is 3.37. The van der Waals surface area contributed by atoms with Crippen LogP contribution in [0, 0.1) is 0 Å². The van der Waals surface area contributed by atoms with E-state index in [0.717, 1.165) is 0 Å². The van der Waals surface area contributed by atoms with Crippen LogP contribution in [-0.4, -0.2) is 0 Å². The zero-order chi connectivity index (χ0) is 26.9. The van der Waals surface area contributed by atoms with Gasteiger partial charge in [0.1, 0.15) is 0 Å². The molecule has 0 N–H and O–H groups in total. The van der Waals surface area contributed by atoms with E-state index in [1.807, 2.05) is 0 Å². The van der Waals surface area contributed by atoms with E-state index in [9.17, 15) is 0 Å². The lowest BCUT2D eigenvalue weighted by Gasteiger charge is -2.30. The Bertz CT molecular complexity index is 1690. The van der Waals surface area contributed by atoms with Gasteiger partial charge in [-0.05, 0) is 44.5 Å². The second kappa shape index (κ2) is 4.49. The minimum absolute atomic E-state index is 0.00904. The molecule has 2 aliphatic rings. The van der Waals surface area contributed by atoms with Crippen molar-refractivity contribution in [1.82, 2.24) is 0 Å². The van der Waals surface area contributed by atoms with Crippen molar-refractivity contribution in [3.63, 3.8) is 0 Å². The molecular formula is C25H16. The monoisotopic (exact) mass is 328 g/mol. The lowest BCUT2D eigenvalue weighted by Crippen LogP contribution is -2.25. The molecule has 0 amide bonds. The fourth-order valence-electron chi connectivity index (χ4n) is 4.17. The van der Waals surface area contributed by atoms with Crippen LogP contribution in [0.2, 0.25) is 0 Å². The van der Waals surface area contributed by atoms with Gasteiger partial charge in [-0.2, -0.15) is 0 Å². The summed E-state index contributed by atoms with van der Waals surface area (Å²) in [5, 5.41) is 0. The Labute approximate surface area is 164 Å². The van der Waals surface area contributed by atoms with Crippen LogP contribution in [0.3, 0.4) is 0 Å². The molecule has 0 nitrogen and oxygen atoms in total. The molecule has 2 aliphatic carbocycles. The molecule has 25 heavy (non-hydrogen) atoms. The first-order valence-electron chi connectivity index (χ1n) is 13.8. The van der Waals surface area contributed by atoms with Crippen molar-refractivity contribution in [3.8, 4) is 22.3 Å². The summed E-state index contributed by atoms with van der Waals surface area (Å²) >= 11 is 0. The van der Waals surface area contributed by atoms with E-state index in [1.165, 1.54) is 0 Å². The van der Waals surface area contributed by atoms with Crippen LogP contribution in [0.15, 0.2) is 96.8 Å². The van der Waals surface area contributed by atoms with E-state index in [0.29, 0.717) is 11.1 Å². The SMILES string of the molecule is [2H]c1c([2H])c([2H])c2c(c1[2H])-c1ccccc1C21c2c([2H])c([2H])c([2H])c([2H])c2-c2c([2H])c([2H])c([2H])c([2H])c21. The molecule has 116 valence electrons. The Morgan fingerprint density at radius 2 is 0.920 bits per heavy atom. The predicted octanol–water partition coefficient (Wildman–Crippen LogP) is 6.03. The van der Waals surface area contributed by atoms with Crippen LogP contribution in [0.5, 0.6) is 0 Å². The highest BCUT2D eigenvalue weighted by Crippen LogP contribution is 2.62. The van der Waals surface area contributed by atoms with Gasteiger partial charge in [0, 0.05) is 0 Å². The summed E-state index contributed by atoms with van der Waals surface area (Å²) in [6.45, 7) is 0. The Hall–Kier alpha value is -3.12. The van der Waals surface area contributed by atoms with Gasteiger partial charge in [-0.3, -0.25) is 0 Å². The Morgan fingerprint density at radius 1 is 0.480 bits per heavy atom. The maximum atomic E-state index is 8.93. The molecule has 0 saturated heterocycles. The van der Waals surface area contributed by atoms with Crippen molar-refractivity contribution < 1.29 is 16.4 Å². The summed E-state index contributed by atoms with van der Waals surface area (Å²) in [6.07, 6.45) is 0. The standard InChI is InChI=1S/C25H16/c1-5-13-21-17(9-1)18-10-2-6-14-22(18)25(21)23-15-7-3-11-19(23)20-12-4-8-16-24(20)25/h1-16H/i1D,2D,3D,5D,6D,7D,9D,10D,11D,13D,14D,15D. The van der Waals surface area contributed by atoms with Crippen molar-refractivity contribution in [1.29, 1.82) is 0 Å². The van der Waals surface area contributed by atoms with E-state index in [4.69, 9.17) is 16.4 Å². The Morgan fingerprint density at radius 3 is 1.48 bits per heavy atom. The lowest BCUT2D eigenvalue weighted by atomic mass is 9.70. The van der Waals surface area contributed by atoms with Crippen LogP contribution in [-0.2, 0) is 5.41 Å². The molecule has 0 aliphatic heterocycles. The van der Waals surface area contributed by atoms with Crippen molar-refractivity contribution in [2.45, 2.75) is 5.41 Å². The van der Waals surface area contributed by atoms with Crippen LogP contribution in [0.4, 0.5) is 0 Å². The molecule has 0 saturated carbocycles. The van der Waals surface area contributed by atoms with Gasteiger partial charge in [0.25, 0.3) is 0 Å². The molecule has 4 aromatic carbocycles. The van der Waals surface area contributed by atoms with Gasteiger partial charge in [0.15, 0.2) is 0 Å². The minimum atomic E-state index is -1.82. The number of fused-ring (bicyclic) bond motifs is 10. The van der Waals surface area contributed by atoms with Gasteiger partial charge < -0.3 is 0 Å². The Kier molecular flexibility index (Phi) is 1.13. The summed E-state index contributed by atoms with van der Waals surface area (Å²) in [5.74, 6) is 0. The normalized spacial score (nSPS) is 21.4. The first-order valence-corrected chi connectivity index (χ1v) is 7.83. The first-order chi connectivity index (χ1) is 17.4. The summed E-state index contributed by atoms with van der Waals surface area (Å²) in [5.41, 5.74) is -1.18. The van der Waals surface area contributed by atoms with Gasteiger partial charge in [-0.1, -0.05) is 96.8 Å². The maximum Gasteiger partial charge on any atom is 0.0725 e. The highest BCUT2D eigenvalue weighted by Gasteiger charge is 2.51. The lowest BCUT2D eigenvalue weighted by molar-refractivity contribution is 0.794. The van der Waals surface area contributed by atoms with Crippen LogP contribution < -0.4 is 0 Å². The average molecular weight is 328 g/mol. The number of benzene rings is 4. The minimum Gasteiger partial charge on any atom is -0.0619 e. The smallest absolute Gasteiger partial charge is 0.0619 e. The fourth-order valence-corrected chi connectivity index (χ4v) is 4.17. The third-order valence-electron chi connectivity index (χ3n) is 5.04. The number of hydrogen-bond donors (Lipinski definition) is 0. The second-order valence-electron chi connectivity index (χ2n) is 6.05. The van der Waals surface area contributed by atoms with Crippen LogP contribution in [0.1, 0.15) is 38.7 Å². The molecule has 0 unspecified atom stereocenters. The fraction of sp³-hybridized carbons (Fsp3) is 0.0400. The maximum absolute atomic E-state index is 8.93. The molecule has 6 rings (SSSR count).